The highest BCUT2D eigenvalue weighted by molar-refractivity contribution is 7.91. The molecule has 1 aliphatic rings. The van der Waals surface area contributed by atoms with E-state index in [1.54, 1.807) is 19.1 Å². The maximum Gasteiger partial charge on any atom is 0.423 e. The molecule has 0 radical (unpaired) electrons. The summed E-state index contributed by atoms with van der Waals surface area (Å²) in [5, 5.41) is -0.607. The van der Waals surface area contributed by atoms with Crippen molar-refractivity contribution in [2.24, 2.45) is 0 Å². The van der Waals surface area contributed by atoms with E-state index in [1.807, 2.05) is 18.2 Å². The molecule has 1 aromatic carbocycles. The number of hydrogen-bond donors (Lipinski definition) is 0. The van der Waals surface area contributed by atoms with E-state index in [9.17, 15) is 13.2 Å². The molecule has 0 aromatic heterocycles. The van der Waals surface area contributed by atoms with Crippen molar-refractivity contribution >= 4 is 16.1 Å². The number of ether oxygens (including phenoxy) is 1. The van der Waals surface area contributed by atoms with E-state index in [2.05, 4.69) is 4.74 Å². The van der Waals surface area contributed by atoms with Crippen LogP contribution in [0.5, 0.6) is 0 Å². The van der Waals surface area contributed by atoms with Crippen LogP contribution in [0.2, 0.25) is 0 Å². The molecule has 92 valence electrons. The molecule has 2 rings (SSSR count). The monoisotopic (exact) mass is 255 g/mol. The van der Waals surface area contributed by atoms with E-state index in [0.717, 1.165) is 9.87 Å². The molecule has 0 saturated carbocycles. The number of benzene rings is 1. The Morgan fingerprint density at radius 2 is 1.88 bits per heavy atom. The SMILES string of the molecule is COC(=O)N1[C@@H](c2ccccc2)[C@@H](C)S1(=O)=O. The number of nitrogens with zero attached hydrogens (tertiary/aromatic N) is 1. The molecule has 0 aliphatic carbocycles. The second kappa shape index (κ2) is 4.03. The lowest BCUT2D eigenvalue weighted by atomic mass is 10.0. The van der Waals surface area contributed by atoms with Gasteiger partial charge in [0.05, 0.1) is 13.2 Å². The van der Waals surface area contributed by atoms with E-state index in [4.69, 9.17) is 0 Å². The molecule has 6 heteroatoms. The van der Waals surface area contributed by atoms with E-state index in [0.29, 0.717) is 0 Å². The molecule has 1 aromatic rings. The first-order chi connectivity index (χ1) is 8.00. The molecule has 0 unspecified atom stereocenters. The zero-order chi connectivity index (χ0) is 12.6. The average molecular weight is 255 g/mol. The lowest BCUT2D eigenvalue weighted by Crippen LogP contribution is -2.58. The molecule has 0 spiro atoms. The summed E-state index contributed by atoms with van der Waals surface area (Å²) in [6, 6.07) is 8.58. The second-order valence-electron chi connectivity index (χ2n) is 3.87. The van der Waals surface area contributed by atoms with Crippen LogP contribution in [0.4, 0.5) is 4.79 Å². The molecule has 1 aliphatic heterocycles. The summed E-state index contributed by atoms with van der Waals surface area (Å²) in [6.45, 7) is 1.59. The molecule has 2 atom stereocenters. The summed E-state index contributed by atoms with van der Waals surface area (Å²) in [5.41, 5.74) is 0.792. The summed E-state index contributed by atoms with van der Waals surface area (Å²) in [6.07, 6.45) is -0.836. The number of methoxy groups -OCH3 is 1. The van der Waals surface area contributed by atoms with Gasteiger partial charge in [-0.25, -0.2) is 13.2 Å². The summed E-state index contributed by atoms with van der Waals surface area (Å²) < 4.78 is 28.8. The highest BCUT2D eigenvalue weighted by atomic mass is 32.2. The first-order valence-corrected chi connectivity index (χ1v) is 6.66. The molecular formula is C11H13NO4S. The number of carbonyl (C=O) groups excluding carboxylic acids is 1. The minimum atomic E-state index is -3.55. The third kappa shape index (κ3) is 1.68. The largest absolute Gasteiger partial charge is 0.452 e. The first kappa shape index (κ1) is 11.9. The molecule has 0 N–H and O–H groups in total. The Balaban J connectivity index is 2.39. The van der Waals surface area contributed by atoms with Crippen molar-refractivity contribution in [2.45, 2.75) is 18.2 Å². The van der Waals surface area contributed by atoms with Crippen molar-refractivity contribution in [2.75, 3.05) is 7.11 Å². The molecule has 1 heterocycles. The van der Waals surface area contributed by atoms with E-state index in [1.165, 1.54) is 7.11 Å². The predicted octanol–water partition coefficient (Wildman–Crippen LogP) is 1.53. The Kier molecular flexibility index (Phi) is 2.82. The van der Waals surface area contributed by atoms with Crippen molar-refractivity contribution < 1.29 is 17.9 Å². The van der Waals surface area contributed by atoms with Gasteiger partial charge in [-0.2, -0.15) is 4.31 Å². The fourth-order valence-electron chi connectivity index (χ4n) is 1.99. The summed E-state index contributed by atoms with van der Waals surface area (Å²) in [5.74, 6) is 0. The van der Waals surface area contributed by atoms with Crippen LogP contribution in [0.25, 0.3) is 0 Å². The standard InChI is InChI=1S/C11H13NO4S/c1-8-10(9-6-4-3-5-7-9)12(11(13)16-2)17(8,14)15/h3-8,10H,1-2H3/t8-,10-/m1/s1. The van der Waals surface area contributed by atoms with Gasteiger partial charge in [-0.05, 0) is 12.5 Å². The van der Waals surface area contributed by atoms with Gasteiger partial charge in [0.25, 0.3) is 0 Å². The smallest absolute Gasteiger partial charge is 0.423 e. The highest BCUT2D eigenvalue weighted by Crippen LogP contribution is 2.42. The number of hydrogen-bond acceptors (Lipinski definition) is 4. The first-order valence-electron chi connectivity index (χ1n) is 5.16. The van der Waals surface area contributed by atoms with Crippen LogP contribution in [-0.2, 0) is 14.8 Å². The maximum atomic E-state index is 11.8. The molecule has 1 fully saturated rings. The Morgan fingerprint density at radius 1 is 1.29 bits per heavy atom. The van der Waals surface area contributed by atoms with Crippen molar-refractivity contribution in [3.8, 4) is 0 Å². The number of sulfonamides is 1. The number of rotatable bonds is 1. The van der Waals surface area contributed by atoms with Crippen LogP contribution in [0, 0.1) is 0 Å². The lowest BCUT2D eigenvalue weighted by Gasteiger charge is -2.44. The lowest BCUT2D eigenvalue weighted by molar-refractivity contribution is 0.127. The van der Waals surface area contributed by atoms with Crippen molar-refractivity contribution in [1.82, 2.24) is 4.31 Å². The molecule has 0 bridgehead atoms. The van der Waals surface area contributed by atoms with E-state index < -0.39 is 27.4 Å². The van der Waals surface area contributed by atoms with Crippen LogP contribution in [0.15, 0.2) is 30.3 Å². The van der Waals surface area contributed by atoms with Gasteiger partial charge in [0.1, 0.15) is 5.25 Å². The van der Waals surface area contributed by atoms with Gasteiger partial charge in [0.2, 0.25) is 10.0 Å². The summed E-state index contributed by atoms with van der Waals surface area (Å²) in [4.78, 5) is 11.5. The van der Waals surface area contributed by atoms with Crippen molar-refractivity contribution in [1.29, 1.82) is 0 Å². The average Bonchev–Trinajstić information content (AvgIpc) is 2.35. The normalized spacial score (nSPS) is 26.1. The topological polar surface area (TPSA) is 63.7 Å². The molecule has 1 saturated heterocycles. The van der Waals surface area contributed by atoms with Crippen LogP contribution in [-0.4, -0.2) is 31.2 Å². The van der Waals surface area contributed by atoms with Gasteiger partial charge in [0.15, 0.2) is 0 Å². The Labute approximate surface area is 100 Å². The minimum absolute atomic E-state index is 0.464. The molecule has 1 amide bonds. The van der Waals surface area contributed by atoms with Crippen molar-refractivity contribution in [3.63, 3.8) is 0 Å². The van der Waals surface area contributed by atoms with Gasteiger partial charge >= 0.3 is 6.09 Å². The third-order valence-corrected chi connectivity index (χ3v) is 5.06. The predicted molar refractivity (Wildman–Crippen MR) is 61.8 cm³/mol. The van der Waals surface area contributed by atoms with Gasteiger partial charge in [-0.3, -0.25) is 0 Å². The third-order valence-electron chi connectivity index (χ3n) is 2.94. The Bertz CT molecular complexity index is 526. The van der Waals surface area contributed by atoms with Crippen LogP contribution < -0.4 is 0 Å². The Hall–Kier alpha value is -1.56. The fourth-order valence-corrected chi connectivity index (χ4v) is 3.66. The Morgan fingerprint density at radius 3 is 2.41 bits per heavy atom. The van der Waals surface area contributed by atoms with Gasteiger partial charge in [0, 0.05) is 0 Å². The van der Waals surface area contributed by atoms with Gasteiger partial charge in [-0.15, -0.1) is 0 Å². The minimum Gasteiger partial charge on any atom is -0.452 e. The number of amides is 1. The zero-order valence-electron chi connectivity index (χ0n) is 9.53. The molecular weight excluding hydrogens is 242 g/mol. The number of carbonyl (C=O) groups is 1. The quantitative estimate of drug-likeness (QED) is 0.763. The molecule has 5 nitrogen and oxygen atoms in total. The summed E-state index contributed by atoms with van der Waals surface area (Å²) >= 11 is 0. The van der Waals surface area contributed by atoms with Crippen LogP contribution >= 0.6 is 0 Å². The maximum absolute atomic E-state index is 11.8. The zero-order valence-corrected chi connectivity index (χ0v) is 10.3. The van der Waals surface area contributed by atoms with Crippen molar-refractivity contribution in [3.05, 3.63) is 35.9 Å². The van der Waals surface area contributed by atoms with Crippen LogP contribution in [0.1, 0.15) is 18.5 Å². The summed E-state index contributed by atoms with van der Waals surface area (Å²) in [7, 11) is -2.38. The van der Waals surface area contributed by atoms with Gasteiger partial charge < -0.3 is 4.74 Å². The van der Waals surface area contributed by atoms with E-state index >= 15 is 0 Å². The van der Waals surface area contributed by atoms with E-state index in [-0.39, 0.29) is 0 Å². The molecule has 17 heavy (non-hydrogen) atoms. The van der Waals surface area contributed by atoms with Gasteiger partial charge in [-0.1, -0.05) is 30.3 Å². The highest BCUT2D eigenvalue weighted by Gasteiger charge is 2.55. The van der Waals surface area contributed by atoms with Crippen LogP contribution in [0.3, 0.4) is 0 Å². The second-order valence-corrected chi connectivity index (χ2v) is 6.04. The fraction of sp³-hybridized carbons (Fsp3) is 0.364.